The van der Waals surface area contributed by atoms with Crippen molar-refractivity contribution in [2.75, 3.05) is 6.67 Å². The molecule has 0 atom stereocenters. The van der Waals surface area contributed by atoms with Crippen molar-refractivity contribution in [2.24, 2.45) is 5.73 Å². The van der Waals surface area contributed by atoms with Gasteiger partial charge >= 0.3 is 0 Å². The quantitative estimate of drug-likeness (QED) is 0.493. The lowest BCUT2D eigenvalue weighted by Gasteiger charge is -1.97. The van der Waals surface area contributed by atoms with Gasteiger partial charge in [-0.25, -0.2) is 0 Å². The van der Waals surface area contributed by atoms with Crippen LogP contribution in [0.25, 0.3) is 0 Å². The van der Waals surface area contributed by atoms with Crippen molar-refractivity contribution in [2.45, 2.75) is 13.8 Å². The number of allylic oxidation sites excluding steroid dienone is 2. The highest BCUT2D eigenvalue weighted by Crippen LogP contribution is 1.79. The van der Waals surface area contributed by atoms with E-state index in [1.165, 1.54) is 0 Å². The molecule has 0 saturated heterocycles. The summed E-state index contributed by atoms with van der Waals surface area (Å²) >= 11 is 0. The first kappa shape index (κ1) is 6.50. The second-order valence-electron chi connectivity index (χ2n) is 1.35. The minimum Gasteiger partial charge on any atom is -0.376 e. The van der Waals surface area contributed by atoms with E-state index in [-0.39, 0.29) is 0 Å². The van der Waals surface area contributed by atoms with Crippen LogP contribution in [0, 0.1) is 0 Å². The number of hydrogen-bond donors (Lipinski definition) is 2. The topological polar surface area (TPSA) is 38.0 Å². The summed E-state index contributed by atoms with van der Waals surface area (Å²) in [7, 11) is 0. The lowest BCUT2D eigenvalue weighted by molar-refractivity contribution is 0.825. The average molecular weight is 100 g/mol. The van der Waals surface area contributed by atoms with E-state index in [1.54, 1.807) is 0 Å². The first-order valence-electron chi connectivity index (χ1n) is 2.38. The molecule has 0 aromatic heterocycles. The van der Waals surface area contributed by atoms with Gasteiger partial charge in [0.05, 0.1) is 6.67 Å². The SMILES string of the molecule is C/C=C(\C)NCN. The third-order valence-corrected chi connectivity index (χ3v) is 0.814. The summed E-state index contributed by atoms with van der Waals surface area (Å²) in [5.74, 6) is 0. The van der Waals surface area contributed by atoms with Crippen molar-refractivity contribution >= 4 is 0 Å². The Balaban J connectivity index is 3.17. The number of hydrogen-bond acceptors (Lipinski definition) is 2. The smallest absolute Gasteiger partial charge is 0.0624 e. The van der Waals surface area contributed by atoms with E-state index >= 15 is 0 Å². The average Bonchev–Trinajstić information content (AvgIpc) is 1.68. The molecule has 0 rings (SSSR count). The van der Waals surface area contributed by atoms with Gasteiger partial charge in [0.2, 0.25) is 0 Å². The fourth-order valence-corrected chi connectivity index (χ4v) is 0.263. The molecular formula is C5H12N2. The minimum atomic E-state index is 0.524. The minimum absolute atomic E-state index is 0.524. The van der Waals surface area contributed by atoms with Gasteiger partial charge < -0.3 is 11.1 Å². The van der Waals surface area contributed by atoms with Gasteiger partial charge in [0, 0.05) is 5.70 Å². The molecule has 2 heteroatoms. The number of nitrogens with two attached hydrogens (primary N) is 1. The van der Waals surface area contributed by atoms with Crippen LogP contribution in [0.4, 0.5) is 0 Å². The molecule has 0 aliphatic heterocycles. The van der Waals surface area contributed by atoms with Crippen molar-refractivity contribution in [3.8, 4) is 0 Å². The molecule has 7 heavy (non-hydrogen) atoms. The first-order valence-corrected chi connectivity index (χ1v) is 2.38. The van der Waals surface area contributed by atoms with Crippen molar-refractivity contribution in [3.05, 3.63) is 11.8 Å². The Bertz CT molecular complexity index is 66.5. The van der Waals surface area contributed by atoms with Gasteiger partial charge in [-0.05, 0) is 13.8 Å². The molecule has 0 unspecified atom stereocenters. The molecular weight excluding hydrogens is 88.1 g/mol. The predicted octanol–water partition coefficient (Wildman–Crippen LogP) is 0.416. The van der Waals surface area contributed by atoms with Gasteiger partial charge in [0.25, 0.3) is 0 Å². The second-order valence-corrected chi connectivity index (χ2v) is 1.35. The Morgan fingerprint density at radius 1 is 1.86 bits per heavy atom. The van der Waals surface area contributed by atoms with Gasteiger partial charge in [-0.2, -0.15) is 0 Å². The monoisotopic (exact) mass is 100 g/mol. The van der Waals surface area contributed by atoms with Crippen LogP contribution in [-0.2, 0) is 0 Å². The maximum atomic E-state index is 5.15. The van der Waals surface area contributed by atoms with E-state index in [1.807, 2.05) is 19.9 Å². The van der Waals surface area contributed by atoms with Crippen molar-refractivity contribution < 1.29 is 0 Å². The van der Waals surface area contributed by atoms with Gasteiger partial charge in [-0.1, -0.05) is 6.08 Å². The predicted molar refractivity (Wildman–Crippen MR) is 31.6 cm³/mol. The van der Waals surface area contributed by atoms with Gasteiger partial charge in [-0.15, -0.1) is 0 Å². The zero-order chi connectivity index (χ0) is 5.70. The molecule has 0 aromatic rings. The molecule has 0 fully saturated rings. The zero-order valence-corrected chi connectivity index (χ0v) is 4.86. The summed E-state index contributed by atoms with van der Waals surface area (Å²) in [6.07, 6.45) is 1.98. The van der Waals surface area contributed by atoms with Crippen molar-refractivity contribution in [3.63, 3.8) is 0 Å². The summed E-state index contributed by atoms with van der Waals surface area (Å²) in [5.41, 5.74) is 6.28. The molecule has 0 aliphatic rings. The van der Waals surface area contributed by atoms with E-state index in [4.69, 9.17) is 5.73 Å². The van der Waals surface area contributed by atoms with Crippen LogP contribution < -0.4 is 11.1 Å². The largest absolute Gasteiger partial charge is 0.376 e. The Hall–Kier alpha value is -0.500. The molecule has 0 spiro atoms. The van der Waals surface area contributed by atoms with Crippen LogP contribution in [0.3, 0.4) is 0 Å². The highest BCUT2D eigenvalue weighted by atomic mass is 15.0. The lowest BCUT2D eigenvalue weighted by atomic mass is 10.5. The standard InChI is InChI=1S/C5H12N2/c1-3-5(2)7-4-6/h3,7H,4,6H2,1-2H3/b5-3+. The molecule has 2 nitrogen and oxygen atoms in total. The molecule has 0 aliphatic carbocycles. The van der Waals surface area contributed by atoms with E-state index in [9.17, 15) is 0 Å². The summed E-state index contributed by atoms with van der Waals surface area (Å²) in [5, 5.41) is 2.93. The number of nitrogens with one attached hydrogen (secondary N) is 1. The summed E-state index contributed by atoms with van der Waals surface area (Å²) < 4.78 is 0. The number of rotatable bonds is 2. The fraction of sp³-hybridized carbons (Fsp3) is 0.600. The zero-order valence-electron chi connectivity index (χ0n) is 4.86. The van der Waals surface area contributed by atoms with Gasteiger partial charge in [0.1, 0.15) is 0 Å². The van der Waals surface area contributed by atoms with Crippen LogP contribution >= 0.6 is 0 Å². The fourth-order valence-electron chi connectivity index (χ4n) is 0.263. The van der Waals surface area contributed by atoms with Crippen LogP contribution in [0.2, 0.25) is 0 Å². The molecule has 42 valence electrons. The summed E-state index contributed by atoms with van der Waals surface area (Å²) in [6.45, 7) is 4.47. The van der Waals surface area contributed by atoms with Crippen LogP contribution in [0.1, 0.15) is 13.8 Å². The Morgan fingerprint density at radius 2 is 2.43 bits per heavy atom. The maximum Gasteiger partial charge on any atom is 0.0624 e. The highest BCUT2D eigenvalue weighted by Gasteiger charge is 1.75. The lowest BCUT2D eigenvalue weighted by Crippen LogP contribution is -2.19. The van der Waals surface area contributed by atoms with Crippen molar-refractivity contribution in [1.29, 1.82) is 0 Å². The van der Waals surface area contributed by atoms with Crippen LogP contribution in [0.5, 0.6) is 0 Å². The summed E-state index contributed by atoms with van der Waals surface area (Å²) in [4.78, 5) is 0. The van der Waals surface area contributed by atoms with E-state index < -0.39 is 0 Å². The van der Waals surface area contributed by atoms with E-state index in [0.29, 0.717) is 6.67 Å². The maximum absolute atomic E-state index is 5.15. The molecule has 0 amide bonds. The normalized spacial score (nSPS) is 11.6. The Kier molecular flexibility index (Phi) is 3.42. The third kappa shape index (κ3) is 3.33. The van der Waals surface area contributed by atoms with Gasteiger partial charge in [0.15, 0.2) is 0 Å². The molecule has 0 saturated carbocycles. The van der Waals surface area contributed by atoms with Crippen LogP contribution in [0.15, 0.2) is 11.8 Å². The Labute approximate surface area is 44.4 Å². The molecule has 0 bridgehead atoms. The second kappa shape index (κ2) is 3.68. The summed E-state index contributed by atoms with van der Waals surface area (Å²) in [6, 6.07) is 0. The van der Waals surface area contributed by atoms with Gasteiger partial charge in [-0.3, -0.25) is 0 Å². The molecule has 0 heterocycles. The Morgan fingerprint density at radius 3 is 2.57 bits per heavy atom. The van der Waals surface area contributed by atoms with Crippen LogP contribution in [-0.4, -0.2) is 6.67 Å². The van der Waals surface area contributed by atoms with E-state index in [0.717, 1.165) is 5.70 Å². The highest BCUT2D eigenvalue weighted by molar-refractivity contribution is 4.91. The molecule has 0 aromatic carbocycles. The first-order chi connectivity index (χ1) is 3.31. The van der Waals surface area contributed by atoms with Crippen molar-refractivity contribution in [1.82, 2.24) is 5.32 Å². The van der Waals surface area contributed by atoms with E-state index in [2.05, 4.69) is 5.32 Å². The molecule has 3 N–H and O–H groups in total. The molecule has 0 radical (unpaired) electrons. The third-order valence-electron chi connectivity index (χ3n) is 0.814.